The largest absolute Gasteiger partial charge is 1.00 e. The predicted molar refractivity (Wildman–Crippen MR) is 434 cm³/mol. The molecule has 0 atom stereocenters. The van der Waals surface area contributed by atoms with Gasteiger partial charge in [-0.3, -0.25) is 0 Å². The number of nitrogens with zero attached hydrogens (tertiary/aromatic N) is 4. The Morgan fingerprint density at radius 1 is 0.435 bits per heavy atom. The zero-order chi connectivity index (χ0) is 75.2. The average Bonchev–Trinajstić information content (AvgIpc) is 0.780. The maximum absolute atomic E-state index is 11.7. The van der Waals surface area contributed by atoms with Crippen LogP contribution in [-0.2, 0) is 56.5 Å². The third-order valence-corrected chi connectivity index (χ3v) is 21.2. The fraction of sp³-hybridized carbons (Fsp3) is 0.236. The maximum atomic E-state index is 11.7. The van der Waals surface area contributed by atoms with Gasteiger partial charge < -0.3 is 33.5 Å². The van der Waals surface area contributed by atoms with Gasteiger partial charge in [0.25, 0.3) is 0 Å². The monoisotopic (exact) mass is 1520 g/mol. The maximum Gasteiger partial charge on any atom is 1.00 e. The van der Waals surface area contributed by atoms with Crippen LogP contribution in [0.2, 0.25) is 0 Å². The molecule has 2 aliphatic rings. The van der Waals surface area contributed by atoms with Gasteiger partial charge in [0.15, 0.2) is 24.5 Å². The molecule has 0 aromatic heterocycles. The summed E-state index contributed by atoms with van der Waals surface area (Å²) in [5.74, 6) is 0.812. The first kappa shape index (κ1) is 85.9. The summed E-state index contributed by atoms with van der Waals surface area (Å²) in [6.07, 6.45) is 15.1. The van der Waals surface area contributed by atoms with Gasteiger partial charge >= 0.3 is 29.6 Å². The molecule has 0 saturated heterocycles. The van der Waals surface area contributed by atoms with Crippen molar-refractivity contribution in [2.45, 2.75) is 125 Å². The SMILES string of the molecule is C.C.CCN(Cc1cccc(S(=O)(=O)[O-])c1)c1ccc(C(=C2C=CC(=[N+](CC)Cc3cccc(C)c3)C=C2C)c2ccc(C)cc2)c(C)c1.CCOc1ccc(Nc2ccc(C(=C3C=CC(=[N+](CC)Cc4cccc(S(=O)(=O)[O-])c4)C=C3)c3ccc(N(CC)Cc4cccc(S(=O)(=O)[O-])c4)cc3C)cc2)cc1.[Na+]. The van der Waals surface area contributed by atoms with Crippen molar-refractivity contribution < 1.29 is 82.4 Å². The molecule has 0 aliphatic heterocycles. The van der Waals surface area contributed by atoms with Gasteiger partial charge in [-0.15, -0.1) is 0 Å². The second-order valence-corrected chi connectivity index (χ2v) is 30.3. The minimum Gasteiger partial charge on any atom is -0.744 e. The molecule has 108 heavy (non-hydrogen) atoms. The molecule has 0 bridgehead atoms. The minimum atomic E-state index is -4.57. The zero-order valence-electron chi connectivity index (χ0n) is 62.1. The van der Waals surface area contributed by atoms with Crippen molar-refractivity contribution in [3.8, 4) is 5.75 Å². The first-order valence-electron chi connectivity index (χ1n) is 35.3. The Labute approximate surface area is 663 Å². The van der Waals surface area contributed by atoms with Crippen LogP contribution in [0.15, 0.2) is 280 Å². The summed E-state index contributed by atoms with van der Waals surface area (Å²) in [7, 11) is -13.7. The second kappa shape index (κ2) is 38.7. The van der Waals surface area contributed by atoms with Crippen LogP contribution in [0.3, 0.4) is 0 Å². The van der Waals surface area contributed by atoms with E-state index in [9.17, 15) is 38.9 Å². The third kappa shape index (κ3) is 22.4. The van der Waals surface area contributed by atoms with E-state index in [1.165, 1.54) is 75.5 Å². The number of anilines is 4. The van der Waals surface area contributed by atoms with Crippen LogP contribution in [0.1, 0.15) is 123 Å². The Kier molecular flexibility index (Phi) is 30.8. The summed E-state index contributed by atoms with van der Waals surface area (Å²) >= 11 is 0. The van der Waals surface area contributed by atoms with Gasteiger partial charge in [0.05, 0.1) is 21.3 Å². The summed E-state index contributed by atoms with van der Waals surface area (Å²) in [4.78, 5) is 3.62. The quantitative estimate of drug-likeness (QED) is 0.0322. The van der Waals surface area contributed by atoms with E-state index in [4.69, 9.17) is 4.74 Å². The smallest absolute Gasteiger partial charge is 0.744 e. The van der Waals surface area contributed by atoms with Gasteiger partial charge in [0.1, 0.15) is 49.2 Å². The zero-order valence-corrected chi connectivity index (χ0v) is 66.6. The van der Waals surface area contributed by atoms with Crippen LogP contribution in [0.5, 0.6) is 5.75 Å². The number of aryl methyl sites for hydroxylation is 4. The molecule has 558 valence electrons. The molecule has 0 radical (unpaired) electrons. The summed E-state index contributed by atoms with van der Waals surface area (Å²) in [5, 5.41) is 3.47. The molecule has 0 saturated carbocycles. The molecule has 11 rings (SSSR count). The fourth-order valence-electron chi connectivity index (χ4n) is 13.2. The molecule has 9 aromatic carbocycles. The summed E-state index contributed by atoms with van der Waals surface area (Å²) in [5.41, 5.74) is 24.2. The molecule has 2 aliphatic carbocycles. The number of hydrogen-bond donors (Lipinski definition) is 1. The fourth-order valence-corrected chi connectivity index (χ4v) is 14.8. The molecule has 0 fully saturated rings. The van der Waals surface area contributed by atoms with E-state index in [-0.39, 0.29) is 59.1 Å². The van der Waals surface area contributed by atoms with E-state index >= 15 is 0 Å². The molecular weight excluding hydrogens is 1420 g/mol. The molecule has 9 aromatic rings. The number of benzene rings is 9. The van der Waals surface area contributed by atoms with Crippen molar-refractivity contribution in [3.63, 3.8) is 0 Å². The van der Waals surface area contributed by atoms with Gasteiger partial charge in [-0.1, -0.05) is 129 Å². The standard InChI is InChI=1S/C46H47N3O7S2.C41H44N2O3S.2CH4.Na/c1-5-48(31-34-10-8-12-43(29-34)57(50,51)52)40-22-16-37(17-23-40)46(36-14-18-38(19-15-36)47-39-20-25-42(26-21-39)56-7-3)45-27-24-41(28-33(45)4)49(6-2)32-35-11-9-13-44(30-35)58(53,54)55;1-7-42(27-33-12-9-11-30(4)23-33)36-19-21-39(31(5)24-36)41(35-17-15-29(3)16-18-35)40-22-20-37(25-32(40)6)43(8-2)28-34-13-10-14-38(26-34)47(44,45)46;;;/h8-30H,5-7,31-32H2,1-4H3,(H2,50,51,52,53,54,55);9-26H,7-8,27-28H2,1-6H3;2*1H4;/q;;;;+1/p-1. The Morgan fingerprint density at radius 2 is 0.852 bits per heavy atom. The van der Waals surface area contributed by atoms with Crippen LogP contribution < -0.4 is 49.4 Å². The average molecular weight is 1520 g/mol. The van der Waals surface area contributed by atoms with E-state index in [1.54, 1.807) is 18.2 Å². The Balaban J connectivity index is 0.000000299. The molecule has 0 spiro atoms. The third-order valence-electron chi connectivity index (χ3n) is 18.7. The topological polar surface area (TPSA) is 205 Å². The number of rotatable bonds is 25. The van der Waals surface area contributed by atoms with Gasteiger partial charge in [-0.05, 0) is 263 Å². The molecule has 0 unspecified atom stereocenters. The van der Waals surface area contributed by atoms with Gasteiger partial charge in [0, 0.05) is 84.4 Å². The number of allylic oxidation sites excluding steroid dienone is 10. The molecule has 1 N–H and O–H groups in total. The summed E-state index contributed by atoms with van der Waals surface area (Å²) < 4.78 is 115. The van der Waals surface area contributed by atoms with Crippen molar-refractivity contribution in [1.82, 2.24) is 0 Å². The Morgan fingerprint density at radius 3 is 1.30 bits per heavy atom. The van der Waals surface area contributed by atoms with Crippen molar-refractivity contribution in [1.29, 1.82) is 0 Å². The Bertz CT molecular complexity index is 5290. The first-order valence-corrected chi connectivity index (χ1v) is 39.5. The molecule has 15 nitrogen and oxygen atoms in total. The predicted octanol–water partition coefficient (Wildman–Crippen LogP) is 15.4. The second-order valence-electron chi connectivity index (χ2n) is 26.2. The van der Waals surface area contributed by atoms with Crippen molar-refractivity contribution in [2.24, 2.45) is 0 Å². The minimum absolute atomic E-state index is 0. The molecule has 19 heteroatoms. The van der Waals surface area contributed by atoms with E-state index in [1.807, 2.05) is 87.5 Å². The van der Waals surface area contributed by atoms with Gasteiger partial charge in [0.2, 0.25) is 0 Å². The van der Waals surface area contributed by atoms with Crippen molar-refractivity contribution in [2.75, 3.05) is 47.9 Å². The first-order chi connectivity index (χ1) is 50.2. The molecular formula is C89H98N5NaO10S3. The molecule has 0 heterocycles. The van der Waals surface area contributed by atoms with E-state index in [2.05, 4.69) is 200 Å². The van der Waals surface area contributed by atoms with Crippen LogP contribution in [-0.4, -0.2) is 92.3 Å². The van der Waals surface area contributed by atoms with Crippen molar-refractivity contribution >= 4 is 75.7 Å². The van der Waals surface area contributed by atoms with Crippen molar-refractivity contribution in [3.05, 3.63) is 332 Å². The van der Waals surface area contributed by atoms with Crippen LogP contribution in [0.4, 0.5) is 22.7 Å². The summed E-state index contributed by atoms with van der Waals surface area (Å²) in [6.45, 7) is 26.7. The van der Waals surface area contributed by atoms with Crippen LogP contribution >= 0.6 is 0 Å². The van der Waals surface area contributed by atoms with Gasteiger partial charge in [-0.2, -0.15) is 0 Å². The van der Waals surface area contributed by atoms with E-state index < -0.39 is 30.4 Å². The molecule has 0 amide bonds. The van der Waals surface area contributed by atoms with E-state index in [0.29, 0.717) is 44.9 Å². The summed E-state index contributed by atoms with van der Waals surface area (Å²) in [6, 6.07) is 65.0. The number of hydrogen-bond acceptors (Lipinski definition) is 13. The van der Waals surface area contributed by atoms with Crippen LogP contribution in [0, 0.1) is 27.7 Å². The Hall–Kier alpha value is -9.31. The van der Waals surface area contributed by atoms with Gasteiger partial charge in [-0.25, -0.2) is 34.4 Å². The van der Waals surface area contributed by atoms with E-state index in [0.717, 1.165) is 109 Å². The number of nitrogens with one attached hydrogen (secondary N) is 1. The van der Waals surface area contributed by atoms with Crippen LogP contribution in [0.25, 0.3) is 11.1 Å². The number of ether oxygens (including phenoxy) is 1. The normalized spacial score (nSPS) is 13.5.